The van der Waals surface area contributed by atoms with Crippen molar-refractivity contribution < 1.29 is 9.59 Å². The van der Waals surface area contributed by atoms with Gasteiger partial charge in [0.05, 0.1) is 6.42 Å². The summed E-state index contributed by atoms with van der Waals surface area (Å²) in [7, 11) is 0. The number of hydrogen-bond donors (Lipinski definition) is 1. The second-order valence-corrected chi connectivity index (χ2v) is 7.26. The molecule has 1 saturated heterocycles. The SMILES string of the molecule is Cc1cccc(CC(=O)N2CCc3[nH]nc(C(=O)N4CCCC4)c3C2)c1. The number of benzene rings is 1. The molecule has 2 aliphatic heterocycles. The molecule has 2 aromatic rings. The fraction of sp³-hybridized carbons (Fsp3) is 0.450. The Morgan fingerprint density at radius 2 is 1.96 bits per heavy atom. The summed E-state index contributed by atoms with van der Waals surface area (Å²) in [6.07, 6.45) is 3.22. The number of aryl methyl sites for hydroxylation is 1. The summed E-state index contributed by atoms with van der Waals surface area (Å²) in [5, 5.41) is 7.29. The van der Waals surface area contributed by atoms with Crippen LogP contribution in [0.4, 0.5) is 0 Å². The van der Waals surface area contributed by atoms with Crippen molar-refractivity contribution in [1.29, 1.82) is 0 Å². The fourth-order valence-electron chi connectivity index (χ4n) is 3.86. The van der Waals surface area contributed by atoms with Crippen LogP contribution < -0.4 is 0 Å². The summed E-state index contributed by atoms with van der Waals surface area (Å²) in [6, 6.07) is 8.05. The molecule has 0 spiro atoms. The van der Waals surface area contributed by atoms with E-state index in [1.807, 2.05) is 41.0 Å². The van der Waals surface area contributed by atoms with Crippen LogP contribution in [0.1, 0.15) is 45.7 Å². The third kappa shape index (κ3) is 3.23. The molecule has 0 unspecified atom stereocenters. The maximum absolute atomic E-state index is 12.7. The van der Waals surface area contributed by atoms with E-state index in [1.165, 1.54) is 0 Å². The molecule has 1 aromatic carbocycles. The lowest BCUT2D eigenvalue weighted by Crippen LogP contribution is -2.38. The standard InChI is InChI=1S/C20H24N4O2/c1-14-5-4-6-15(11-14)12-18(25)24-10-7-17-16(13-24)19(22-21-17)20(26)23-8-2-3-9-23/h4-6,11H,2-3,7-10,12-13H2,1H3,(H,21,22). The molecule has 6 nitrogen and oxygen atoms in total. The Morgan fingerprint density at radius 3 is 2.73 bits per heavy atom. The smallest absolute Gasteiger partial charge is 0.274 e. The minimum Gasteiger partial charge on any atom is -0.338 e. The lowest BCUT2D eigenvalue weighted by molar-refractivity contribution is -0.131. The van der Waals surface area contributed by atoms with E-state index in [9.17, 15) is 9.59 Å². The molecule has 0 aliphatic carbocycles. The number of aromatic amines is 1. The molecular weight excluding hydrogens is 328 g/mol. The number of likely N-dealkylation sites (tertiary alicyclic amines) is 1. The van der Waals surface area contributed by atoms with Crippen LogP contribution in [0, 0.1) is 6.92 Å². The summed E-state index contributed by atoms with van der Waals surface area (Å²) in [5.74, 6) is 0.0926. The first kappa shape index (κ1) is 16.8. The zero-order chi connectivity index (χ0) is 18.1. The Balaban J connectivity index is 1.49. The molecule has 136 valence electrons. The highest BCUT2D eigenvalue weighted by Gasteiger charge is 2.30. The number of aromatic nitrogens is 2. The number of amides is 2. The van der Waals surface area contributed by atoms with Crippen LogP contribution >= 0.6 is 0 Å². The summed E-state index contributed by atoms with van der Waals surface area (Å²) in [4.78, 5) is 29.2. The van der Waals surface area contributed by atoms with E-state index >= 15 is 0 Å². The number of hydrogen-bond acceptors (Lipinski definition) is 3. The van der Waals surface area contributed by atoms with E-state index in [0.29, 0.717) is 25.2 Å². The number of H-pyrrole nitrogens is 1. The number of carbonyl (C=O) groups excluding carboxylic acids is 2. The van der Waals surface area contributed by atoms with Gasteiger partial charge < -0.3 is 9.80 Å². The van der Waals surface area contributed by atoms with Crippen molar-refractivity contribution in [2.75, 3.05) is 19.6 Å². The van der Waals surface area contributed by atoms with Gasteiger partial charge in [0.2, 0.25) is 5.91 Å². The maximum Gasteiger partial charge on any atom is 0.274 e. The number of nitrogens with one attached hydrogen (secondary N) is 1. The van der Waals surface area contributed by atoms with Crippen LogP contribution in [0.25, 0.3) is 0 Å². The van der Waals surface area contributed by atoms with Gasteiger partial charge >= 0.3 is 0 Å². The highest BCUT2D eigenvalue weighted by molar-refractivity contribution is 5.94. The van der Waals surface area contributed by atoms with Crippen molar-refractivity contribution in [3.63, 3.8) is 0 Å². The minimum absolute atomic E-state index is 0.00650. The molecular formula is C20H24N4O2. The van der Waals surface area contributed by atoms with Gasteiger partial charge in [0.1, 0.15) is 0 Å². The van der Waals surface area contributed by atoms with Crippen molar-refractivity contribution in [3.8, 4) is 0 Å². The van der Waals surface area contributed by atoms with Crippen molar-refractivity contribution in [3.05, 3.63) is 52.3 Å². The monoisotopic (exact) mass is 352 g/mol. The minimum atomic E-state index is -0.00650. The molecule has 6 heteroatoms. The first-order chi connectivity index (χ1) is 12.6. The number of nitrogens with zero attached hydrogens (tertiary/aromatic N) is 3. The van der Waals surface area contributed by atoms with Crippen LogP contribution in [0.2, 0.25) is 0 Å². The average molecular weight is 352 g/mol. The predicted octanol–water partition coefficient (Wildman–Crippen LogP) is 2.08. The summed E-state index contributed by atoms with van der Waals surface area (Å²) in [5.41, 5.74) is 4.57. The molecule has 1 aromatic heterocycles. The van der Waals surface area contributed by atoms with E-state index in [4.69, 9.17) is 0 Å². The third-order valence-corrected chi connectivity index (χ3v) is 5.32. The van der Waals surface area contributed by atoms with Crippen LogP contribution in [0.3, 0.4) is 0 Å². The Labute approximate surface area is 153 Å². The van der Waals surface area contributed by atoms with E-state index in [1.54, 1.807) is 0 Å². The summed E-state index contributed by atoms with van der Waals surface area (Å²) in [6.45, 7) is 4.76. The van der Waals surface area contributed by atoms with E-state index in [2.05, 4.69) is 10.2 Å². The topological polar surface area (TPSA) is 69.3 Å². The van der Waals surface area contributed by atoms with Crippen molar-refractivity contribution in [1.82, 2.24) is 20.0 Å². The maximum atomic E-state index is 12.7. The van der Waals surface area contributed by atoms with Gasteiger partial charge in [-0.3, -0.25) is 14.7 Å². The fourth-order valence-corrected chi connectivity index (χ4v) is 3.86. The highest BCUT2D eigenvalue weighted by atomic mass is 16.2. The lowest BCUT2D eigenvalue weighted by Gasteiger charge is -2.27. The van der Waals surface area contributed by atoms with Gasteiger partial charge in [0.25, 0.3) is 5.91 Å². The van der Waals surface area contributed by atoms with Crippen LogP contribution in [0.5, 0.6) is 0 Å². The van der Waals surface area contributed by atoms with Gasteiger partial charge in [0, 0.05) is 43.9 Å². The van der Waals surface area contributed by atoms with Gasteiger partial charge in [-0.25, -0.2) is 0 Å². The van der Waals surface area contributed by atoms with Gasteiger partial charge in [0.15, 0.2) is 5.69 Å². The zero-order valence-electron chi connectivity index (χ0n) is 15.1. The molecule has 0 saturated carbocycles. The Bertz CT molecular complexity index is 836. The number of rotatable bonds is 3. The van der Waals surface area contributed by atoms with Crippen LogP contribution in [0.15, 0.2) is 24.3 Å². The molecule has 26 heavy (non-hydrogen) atoms. The summed E-state index contributed by atoms with van der Waals surface area (Å²) >= 11 is 0. The van der Waals surface area contributed by atoms with E-state index < -0.39 is 0 Å². The van der Waals surface area contributed by atoms with Crippen LogP contribution in [-0.2, 0) is 24.2 Å². The molecule has 0 bridgehead atoms. The number of fused-ring (bicyclic) bond motifs is 1. The molecule has 3 heterocycles. The van der Waals surface area contributed by atoms with Crippen molar-refractivity contribution >= 4 is 11.8 Å². The summed E-state index contributed by atoms with van der Waals surface area (Å²) < 4.78 is 0. The predicted molar refractivity (Wildman–Crippen MR) is 97.7 cm³/mol. The second kappa shape index (κ2) is 6.94. The normalized spacial score (nSPS) is 16.7. The quantitative estimate of drug-likeness (QED) is 0.919. The largest absolute Gasteiger partial charge is 0.338 e. The molecule has 0 atom stereocenters. The van der Waals surface area contributed by atoms with Gasteiger partial charge in [-0.05, 0) is 25.3 Å². The van der Waals surface area contributed by atoms with Gasteiger partial charge in [-0.2, -0.15) is 5.10 Å². The Kier molecular flexibility index (Phi) is 4.49. The average Bonchev–Trinajstić information content (AvgIpc) is 3.30. The molecule has 2 amide bonds. The molecule has 0 radical (unpaired) electrons. The highest BCUT2D eigenvalue weighted by Crippen LogP contribution is 2.23. The van der Waals surface area contributed by atoms with Crippen molar-refractivity contribution in [2.24, 2.45) is 0 Å². The van der Waals surface area contributed by atoms with Crippen molar-refractivity contribution in [2.45, 2.75) is 39.2 Å². The van der Waals surface area contributed by atoms with E-state index in [-0.39, 0.29) is 11.8 Å². The Morgan fingerprint density at radius 1 is 1.15 bits per heavy atom. The Hall–Kier alpha value is -2.63. The van der Waals surface area contributed by atoms with Gasteiger partial charge in [-0.15, -0.1) is 0 Å². The first-order valence-corrected chi connectivity index (χ1v) is 9.30. The third-order valence-electron chi connectivity index (χ3n) is 5.32. The van der Waals surface area contributed by atoms with Crippen LogP contribution in [-0.4, -0.2) is 51.4 Å². The molecule has 4 rings (SSSR count). The second-order valence-electron chi connectivity index (χ2n) is 7.26. The molecule has 2 aliphatic rings. The zero-order valence-corrected chi connectivity index (χ0v) is 15.1. The first-order valence-electron chi connectivity index (χ1n) is 9.30. The van der Waals surface area contributed by atoms with E-state index in [0.717, 1.165) is 54.7 Å². The molecule has 1 fully saturated rings. The number of carbonyl (C=O) groups is 2. The molecule has 1 N–H and O–H groups in total. The lowest BCUT2D eigenvalue weighted by atomic mass is 10.0. The van der Waals surface area contributed by atoms with Gasteiger partial charge in [-0.1, -0.05) is 29.8 Å².